The fourth-order valence-corrected chi connectivity index (χ4v) is 1.38. The Balaban J connectivity index is 2.84. The van der Waals surface area contributed by atoms with Crippen LogP contribution < -0.4 is 0 Å². The third kappa shape index (κ3) is 3.89. The minimum absolute atomic E-state index is 0.166. The molecule has 0 atom stereocenters. The minimum Gasteiger partial charge on any atom is -0.294 e. The summed E-state index contributed by atoms with van der Waals surface area (Å²) in [5.41, 5.74) is 1.67. The fourth-order valence-electron chi connectivity index (χ4n) is 1.19. The lowest BCUT2D eigenvalue weighted by atomic mass is 10.1. The Morgan fingerprint density at radius 3 is 2.93 bits per heavy atom. The zero-order chi connectivity index (χ0) is 11.1. The number of benzene rings is 1. The van der Waals surface area contributed by atoms with Crippen LogP contribution in [0.4, 0.5) is 0 Å². The Hall–Kier alpha value is -1.07. The number of hydrogen-bond donors (Lipinski definition) is 0. The molecule has 78 valence electrons. The van der Waals surface area contributed by atoms with Gasteiger partial charge in [-0.05, 0) is 12.1 Å². The second-order valence-electron chi connectivity index (χ2n) is 3.10. The van der Waals surface area contributed by atoms with Crippen molar-refractivity contribution in [1.82, 2.24) is 0 Å². The van der Waals surface area contributed by atoms with E-state index in [4.69, 9.17) is 0 Å². The van der Waals surface area contributed by atoms with Crippen molar-refractivity contribution in [2.45, 2.75) is 19.8 Å². The van der Waals surface area contributed by atoms with Crippen molar-refractivity contribution in [2.24, 2.45) is 0 Å². The summed E-state index contributed by atoms with van der Waals surface area (Å²) in [5.74, 6) is 6.23. The van der Waals surface area contributed by atoms with E-state index in [0.29, 0.717) is 6.42 Å². The molecule has 0 heterocycles. The van der Waals surface area contributed by atoms with E-state index in [2.05, 4.69) is 27.8 Å². The molecule has 0 radical (unpaired) electrons. The zero-order valence-corrected chi connectivity index (χ0v) is 10.3. The van der Waals surface area contributed by atoms with E-state index in [1.165, 1.54) is 0 Å². The maximum absolute atomic E-state index is 11.4. The van der Waals surface area contributed by atoms with Crippen LogP contribution >= 0.6 is 15.9 Å². The highest BCUT2D eigenvalue weighted by Crippen LogP contribution is 2.06. The van der Waals surface area contributed by atoms with Gasteiger partial charge in [0.15, 0.2) is 5.78 Å². The highest BCUT2D eigenvalue weighted by molar-refractivity contribution is 9.09. The predicted octanol–water partition coefficient (Wildman–Crippen LogP) is 3.42. The number of alkyl halides is 1. The molecule has 1 aromatic rings. The normalized spacial score (nSPS) is 9.20. The molecule has 2 heteroatoms. The second-order valence-corrected chi connectivity index (χ2v) is 3.89. The van der Waals surface area contributed by atoms with Gasteiger partial charge in [0.2, 0.25) is 0 Å². The van der Waals surface area contributed by atoms with Gasteiger partial charge in [-0.1, -0.05) is 46.8 Å². The van der Waals surface area contributed by atoms with Crippen LogP contribution in [0.1, 0.15) is 35.7 Å². The van der Waals surface area contributed by atoms with E-state index in [1.807, 2.05) is 31.2 Å². The Kier molecular flexibility index (Phi) is 5.14. The van der Waals surface area contributed by atoms with E-state index < -0.39 is 0 Å². The van der Waals surface area contributed by atoms with Crippen LogP contribution in [0.25, 0.3) is 0 Å². The number of Topliss-reactive ketones (excluding diaryl/α,β-unsaturated/α-hetero) is 1. The smallest absolute Gasteiger partial charge is 0.162 e. The lowest BCUT2D eigenvalue weighted by Gasteiger charge is -1.97. The van der Waals surface area contributed by atoms with Crippen LogP contribution in [-0.2, 0) is 0 Å². The van der Waals surface area contributed by atoms with Crippen LogP contribution in [0.5, 0.6) is 0 Å². The molecule has 1 nitrogen and oxygen atoms in total. The molecule has 1 rings (SSSR count). The van der Waals surface area contributed by atoms with Gasteiger partial charge in [-0.3, -0.25) is 4.79 Å². The summed E-state index contributed by atoms with van der Waals surface area (Å²) >= 11 is 3.32. The summed E-state index contributed by atoms with van der Waals surface area (Å²) in [6, 6.07) is 7.49. The number of carbonyl (C=O) groups is 1. The third-order valence-electron chi connectivity index (χ3n) is 1.96. The molecule has 15 heavy (non-hydrogen) atoms. The Morgan fingerprint density at radius 1 is 1.47 bits per heavy atom. The molecule has 0 aliphatic rings. The van der Waals surface area contributed by atoms with Crippen molar-refractivity contribution < 1.29 is 4.79 Å². The molecule has 0 saturated carbocycles. The molecule has 0 aliphatic heterocycles. The summed E-state index contributed by atoms with van der Waals surface area (Å²) in [6.45, 7) is 1.87. The van der Waals surface area contributed by atoms with Crippen LogP contribution in [-0.4, -0.2) is 11.1 Å². The summed E-state index contributed by atoms with van der Waals surface area (Å²) in [4.78, 5) is 11.4. The van der Waals surface area contributed by atoms with E-state index in [9.17, 15) is 4.79 Å². The van der Waals surface area contributed by atoms with Gasteiger partial charge in [0.05, 0.1) is 0 Å². The van der Waals surface area contributed by atoms with Gasteiger partial charge < -0.3 is 0 Å². The van der Waals surface area contributed by atoms with E-state index in [0.717, 1.165) is 22.9 Å². The molecule has 0 aromatic heterocycles. The average molecular weight is 265 g/mol. The number of rotatable bonds is 3. The molecule has 0 saturated heterocycles. The molecule has 0 bridgehead atoms. The molecule has 0 amide bonds. The number of hydrogen-bond acceptors (Lipinski definition) is 1. The van der Waals surface area contributed by atoms with Gasteiger partial charge in [0.25, 0.3) is 0 Å². The van der Waals surface area contributed by atoms with Crippen LogP contribution in [0.15, 0.2) is 24.3 Å². The van der Waals surface area contributed by atoms with Crippen molar-refractivity contribution in [2.75, 3.05) is 5.33 Å². The maximum atomic E-state index is 11.4. The quantitative estimate of drug-likeness (QED) is 0.465. The molecule has 0 unspecified atom stereocenters. The molecule has 0 spiro atoms. The fraction of sp³-hybridized carbons (Fsp3) is 0.308. The van der Waals surface area contributed by atoms with Crippen LogP contribution in [0, 0.1) is 11.8 Å². The Labute approximate surface area is 99.0 Å². The van der Waals surface area contributed by atoms with Gasteiger partial charge in [0, 0.05) is 29.3 Å². The molecule has 0 aliphatic carbocycles. The SMILES string of the molecule is CCC(=O)c1cccc(C#CCCBr)c1. The van der Waals surface area contributed by atoms with Crippen molar-refractivity contribution in [3.8, 4) is 11.8 Å². The molecule has 0 fully saturated rings. The standard InChI is InChI=1S/C13H13BrO/c1-2-13(15)12-8-5-7-11(10-12)6-3-4-9-14/h5,7-8,10H,2,4,9H2,1H3. The lowest BCUT2D eigenvalue weighted by molar-refractivity contribution is 0.0988. The summed E-state index contributed by atoms with van der Waals surface area (Å²) in [5, 5.41) is 0.883. The monoisotopic (exact) mass is 264 g/mol. The molecular weight excluding hydrogens is 252 g/mol. The van der Waals surface area contributed by atoms with Crippen molar-refractivity contribution >= 4 is 21.7 Å². The first-order valence-electron chi connectivity index (χ1n) is 4.96. The highest BCUT2D eigenvalue weighted by Gasteiger charge is 2.01. The first-order chi connectivity index (χ1) is 7.27. The lowest BCUT2D eigenvalue weighted by Crippen LogP contribution is -1.96. The largest absolute Gasteiger partial charge is 0.294 e. The average Bonchev–Trinajstić information content (AvgIpc) is 2.29. The maximum Gasteiger partial charge on any atom is 0.162 e. The number of carbonyl (C=O) groups excluding carboxylic acids is 1. The van der Waals surface area contributed by atoms with Gasteiger partial charge in [-0.2, -0.15) is 0 Å². The van der Waals surface area contributed by atoms with Gasteiger partial charge in [-0.25, -0.2) is 0 Å². The Bertz CT molecular complexity index is 398. The number of ketones is 1. The Morgan fingerprint density at radius 2 is 2.27 bits per heavy atom. The summed E-state index contributed by atoms with van der Waals surface area (Å²) < 4.78 is 0. The van der Waals surface area contributed by atoms with Gasteiger partial charge in [0.1, 0.15) is 0 Å². The zero-order valence-electron chi connectivity index (χ0n) is 8.72. The van der Waals surface area contributed by atoms with E-state index in [-0.39, 0.29) is 5.78 Å². The molecule has 0 N–H and O–H groups in total. The summed E-state index contributed by atoms with van der Waals surface area (Å²) in [6.07, 6.45) is 1.37. The predicted molar refractivity (Wildman–Crippen MR) is 66.4 cm³/mol. The van der Waals surface area contributed by atoms with Crippen molar-refractivity contribution in [1.29, 1.82) is 0 Å². The van der Waals surface area contributed by atoms with Crippen molar-refractivity contribution in [3.05, 3.63) is 35.4 Å². The van der Waals surface area contributed by atoms with Crippen molar-refractivity contribution in [3.63, 3.8) is 0 Å². The van der Waals surface area contributed by atoms with E-state index in [1.54, 1.807) is 0 Å². The minimum atomic E-state index is 0.166. The summed E-state index contributed by atoms with van der Waals surface area (Å²) in [7, 11) is 0. The second kappa shape index (κ2) is 6.42. The first kappa shape index (κ1) is 12.0. The van der Waals surface area contributed by atoms with Gasteiger partial charge >= 0.3 is 0 Å². The molecule has 1 aromatic carbocycles. The van der Waals surface area contributed by atoms with Crippen LogP contribution in [0.2, 0.25) is 0 Å². The third-order valence-corrected chi connectivity index (χ3v) is 2.35. The highest BCUT2D eigenvalue weighted by atomic mass is 79.9. The topological polar surface area (TPSA) is 17.1 Å². The number of halogens is 1. The van der Waals surface area contributed by atoms with E-state index >= 15 is 0 Å². The first-order valence-corrected chi connectivity index (χ1v) is 6.08. The van der Waals surface area contributed by atoms with Gasteiger partial charge in [-0.15, -0.1) is 0 Å². The molecular formula is C13H13BrO. The van der Waals surface area contributed by atoms with Crippen LogP contribution in [0.3, 0.4) is 0 Å².